The molecule has 1 N–H and O–H groups in total. The number of nitrogens with one attached hydrogen (secondary N) is 1. The summed E-state index contributed by atoms with van der Waals surface area (Å²) in [5.74, 6) is 0.671. The number of rotatable bonds is 2. The number of fused-ring (bicyclic) bond motifs is 1. The summed E-state index contributed by atoms with van der Waals surface area (Å²) < 4.78 is 0. The molecule has 0 aliphatic rings. The number of hydrogen-bond acceptors (Lipinski definition) is 3. The second-order valence-corrected chi connectivity index (χ2v) is 4.06. The van der Waals surface area contributed by atoms with E-state index >= 15 is 0 Å². The molecular formula is C14H11N3O. The lowest BCUT2D eigenvalue weighted by Gasteiger charge is -2.02. The molecule has 0 bridgehead atoms. The summed E-state index contributed by atoms with van der Waals surface area (Å²) in [4.78, 5) is 23.1. The molecule has 4 heteroatoms. The highest BCUT2D eigenvalue weighted by Crippen LogP contribution is 2.08. The van der Waals surface area contributed by atoms with Gasteiger partial charge in [0, 0.05) is 18.8 Å². The Balaban J connectivity index is 2.06. The maximum Gasteiger partial charge on any atom is 0.258 e. The smallest absolute Gasteiger partial charge is 0.258 e. The van der Waals surface area contributed by atoms with Crippen LogP contribution in [0.4, 0.5) is 0 Å². The molecule has 0 saturated carbocycles. The van der Waals surface area contributed by atoms with Crippen LogP contribution in [0.3, 0.4) is 0 Å². The van der Waals surface area contributed by atoms with Crippen molar-refractivity contribution in [2.45, 2.75) is 6.42 Å². The van der Waals surface area contributed by atoms with Gasteiger partial charge in [0.25, 0.3) is 5.56 Å². The third kappa shape index (κ3) is 2.00. The summed E-state index contributed by atoms with van der Waals surface area (Å²) in [6.07, 6.45) is 4.06. The fourth-order valence-corrected chi connectivity index (χ4v) is 1.91. The molecule has 0 radical (unpaired) electrons. The lowest BCUT2D eigenvalue weighted by Crippen LogP contribution is -2.12. The van der Waals surface area contributed by atoms with E-state index in [4.69, 9.17) is 0 Å². The Kier molecular flexibility index (Phi) is 2.61. The van der Waals surface area contributed by atoms with Gasteiger partial charge in [-0.1, -0.05) is 12.1 Å². The maximum atomic E-state index is 11.9. The van der Waals surface area contributed by atoms with Crippen LogP contribution in [0.5, 0.6) is 0 Å². The summed E-state index contributed by atoms with van der Waals surface area (Å²) >= 11 is 0. The highest BCUT2D eigenvalue weighted by Gasteiger charge is 2.03. The van der Waals surface area contributed by atoms with E-state index in [1.807, 2.05) is 30.3 Å². The summed E-state index contributed by atoms with van der Waals surface area (Å²) in [5, 5.41) is 0.621. The number of nitrogens with zero attached hydrogens (tertiary/aromatic N) is 2. The Labute approximate surface area is 103 Å². The quantitative estimate of drug-likeness (QED) is 0.740. The molecule has 3 aromatic rings. The predicted octanol–water partition coefficient (Wildman–Crippen LogP) is 1.91. The van der Waals surface area contributed by atoms with E-state index in [1.54, 1.807) is 18.5 Å². The van der Waals surface area contributed by atoms with Crippen molar-refractivity contribution in [3.63, 3.8) is 0 Å². The monoisotopic (exact) mass is 237 g/mol. The lowest BCUT2D eigenvalue weighted by molar-refractivity contribution is 0.970. The van der Waals surface area contributed by atoms with Crippen LogP contribution in [0.1, 0.15) is 11.4 Å². The largest absolute Gasteiger partial charge is 0.310 e. The minimum atomic E-state index is -0.0929. The van der Waals surface area contributed by atoms with Crippen LogP contribution in [-0.2, 0) is 6.42 Å². The first-order chi connectivity index (χ1) is 8.83. The molecule has 0 aliphatic carbocycles. The average molecular weight is 237 g/mol. The first-order valence-electron chi connectivity index (χ1n) is 5.70. The van der Waals surface area contributed by atoms with Gasteiger partial charge in [-0.3, -0.25) is 9.78 Å². The van der Waals surface area contributed by atoms with Crippen molar-refractivity contribution in [1.82, 2.24) is 15.0 Å². The maximum absolute atomic E-state index is 11.9. The third-order valence-corrected chi connectivity index (χ3v) is 2.78. The Morgan fingerprint density at radius 1 is 1.06 bits per heavy atom. The minimum Gasteiger partial charge on any atom is -0.310 e. The summed E-state index contributed by atoms with van der Waals surface area (Å²) in [6.45, 7) is 0. The molecule has 2 heterocycles. The van der Waals surface area contributed by atoms with Crippen LogP contribution >= 0.6 is 0 Å². The third-order valence-electron chi connectivity index (χ3n) is 2.78. The summed E-state index contributed by atoms with van der Waals surface area (Å²) in [5.41, 5.74) is 1.71. The molecule has 0 spiro atoms. The van der Waals surface area contributed by atoms with Gasteiger partial charge < -0.3 is 4.98 Å². The van der Waals surface area contributed by atoms with Gasteiger partial charge in [-0.05, 0) is 29.8 Å². The van der Waals surface area contributed by atoms with Gasteiger partial charge in [0.05, 0.1) is 10.9 Å². The van der Waals surface area contributed by atoms with E-state index < -0.39 is 0 Å². The minimum absolute atomic E-state index is 0.0929. The van der Waals surface area contributed by atoms with Gasteiger partial charge in [0.2, 0.25) is 0 Å². The van der Waals surface area contributed by atoms with Crippen LogP contribution in [0.2, 0.25) is 0 Å². The van der Waals surface area contributed by atoms with Gasteiger partial charge in [-0.25, -0.2) is 4.98 Å². The van der Waals surface area contributed by atoms with E-state index in [1.165, 1.54) is 0 Å². The van der Waals surface area contributed by atoms with Crippen LogP contribution in [0.15, 0.2) is 53.6 Å². The van der Waals surface area contributed by atoms with Crippen molar-refractivity contribution in [2.75, 3.05) is 0 Å². The number of hydrogen-bond donors (Lipinski definition) is 1. The van der Waals surface area contributed by atoms with E-state index in [-0.39, 0.29) is 5.56 Å². The van der Waals surface area contributed by atoms with Crippen LogP contribution < -0.4 is 5.56 Å². The molecule has 0 atom stereocenters. The van der Waals surface area contributed by atoms with Gasteiger partial charge in [-0.15, -0.1) is 0 Å². The highest BCUT2D eigenvalue weighted by atomic mass is 16.1. The number of aromatic amines is 1. The molecule has 18 heavy (non-hydrogen) atoms. The predicted molar refractivity (Wildman–Crippen MR) is 69.4 cm³/mol. The Bertz CT molecular complexity index is 735. The van der Waals surface area contributed by atoms with Gasteiger partial charge in [0.1, 0.15) is 5.82 Å². The normalized spacial score (nSPS) is 10.7. The molecule has 0 fully saturated rings. The Morgan fingerprint density at radius 3 is 2.67 bits per heavy atom. The zero-order valence-corrected chi connectivity index (χ0v) is 9.63. The number of benzene rings is 1. The standard InChI is InChI=1S/C14H11N3O/c18-14-11-3-1-2-4-12(11)16-13(17-14)9-10-5-7-15-8-6-10/h1-8H,9H2,(H,16,17,18). The van der Waals surface area contributed by atoms with E-state index in [0.717, 1.165) is 11.1 Å². The van der Waals surface area contributed by atoms with Gasteiger partial charge in [0.15, 0.2) is 0 Å². The van der Waals surface area contributed by atoms with E-state index in [9.17, 15) is 4.79 Å². The number of H-pyrrole nitrogens is 1. The molecule has 1 aromatic carbocycles. The van der Waals surface area contributed by atoms with Crippen molar-refractivity contribution < 1.29 is 0 Å². The molecule has 0 aliphatic heterocycles. The molecule has 4 nitrogen and oxygen atoms in total. The van der Waals surface area contributed by atoms with E-state index in [2.05, 4.69) is 15.0 Å². The van der Waals surface area contributed by atoms with Crippen molar-refractivity contribution in [3.05, 3.63) is 70.5 Å². The average Bonchev–Trinajstić information content (AvgIpc) is 2.40. The molecule has 88 valence electrons. The second kappa shape index (κ2) is 4.41. The molecule has 0 amide bonds. The van der Waals surface area contributed by atoms with Crippen LogP contribution in [-0.4, -0.2) is 15.0 Å². The van der Waals surface area contributed by atoms with Crippen LogP contribution in [0, 0.1) is 0 Å². The second-order valence-electron chi connectivity index (χ2n) is 4.06. The summed E-state index contributed by atoms with van der Waals surface area (Å²) in [6, 6.07) is 11.2. The van der Waals surface area contributed by atoms with Crippen molar-refractivity contribution >= 4 is 10.9 Å². The Hall–Kier alpha value is -2.49. The molecule has 0 unspecified atom stereocenters. The fraction of sp³-hybridized carbons (Fsp3) is 0.0714. The lowest BCUT2D eigenvalue weighted by atomic mass is 10.2. The number of pyridine rings is 1. The highest BCUT2D eigenvalue weighted by molar-refractivity contribution is 5.77. The number of aromatic nitrogens is 3. The van der Waals surface area contributed by atoms with Crippen molar-refractivity contribution in [3.8, 4) is 0 Å². The van der Waals surface area contributed by atoms with Crippen molar-refractivity contribution in [1.29, 1.82) is 0 Å². The molecule has 3 rings (SSSR count). The van der Waals surface area contributed by atoms with Gasteiger partial charge >= 0.3 is 0 Å². The first-order valence-corrected chi connectivity index (χ1v) is 5.70. The topological polar surface area (TPSA) is 58.6 Å². The van der Waals surface area contributed by atoms with Crippen molar-refractivity contribution in [2.24, 2.45) is 0 Å². The zero-order valence-electron chi connectivity index (χ0n) is 9.63. The first kappa shape index (κ1) is 10.7. The molecule has 2 aromatic heterocycles. The SMILES string of the molecule is O=c1[nH]c(Cc2ccncc2)nc2ccccc12. The summed E-state index contributed by atoms with van der Waals surface area (Å²) in [7, 11) is 0. The van der Waals surface area contributed by atoms with E-state index in [0.29, 0.717) is 17.6 Å². The molecular weight excluding hydrogens is 226 g/mol. The zero-order chi connectivity index (χ0) is 12.4. The fourth-order valence-electron chi connectivity index (χ4n) is 1.91. The van der Waals surface area contributed by atoms with Gasteiger partial charge in [-0.2, -0.15) is 0 Å². The number of para-hydroxylation sites is 1. The van der Waals surface area contributed by atoms with Crippen LogP contribution in [0.25, 0.3) is 10.9 Å². The Morgan fingerprint density at radius 2 is 1.83 bits per heavy atom. The molecule has 0 saturated heterocycles.